The van der Waals surface area contributed by atoms with Crippen molar-refractivity contribution in [1.29, 1.82) is 0 Å². The van der Waals surface area contributed by atoms with Crippen LogP contribution in [0.25, 0.3) is 0 Å². The number of fused-ring (bicyclic) bond motifs is 3. The summed E-state index contributed by atoms with van der Waals surface area (Å²) < 4.78 is 21.3. The van der Waals surface area contributed by atoms with Crippen molar-refractivity contribution in [2.24, 2.45) is 11.8 Å². The maximum Gasteiger partial charge on any atom is 0.338 e. The zero-order chi connectivity index (χ0) is 30.0. The molecule has 1 saturated carbocycles. The van der Waals surface area contributed by atoms with E-state index in [9.17, 15) is 14.4 Å². The van der Waals surface area contributed by atoms with Crippen LogP contribution in [0.15, 0.2) is 60.7 Å². The van der Waals surface area contributed by atoms with Crippen molar-refractivity contribution in [1.82, 2.24) is 4.90 Å². The van der Waals surface area contributed by atoms with Gasteiger partial charge in [-0.15, -0.1) is 0 Å². The average Bonchev–Trinajstić information content (AvgIpc) is 3.71. The van der Waals surface area contributed by atoms with Gasteiger partial charge in [-0.3, -0.25) is 14.5 Å². The summed E-state index contributed by atoms with van der Waals surface area (Å²) in [5.74, 6) is -2.88. The van der Waals surface area contributed by atoms with Gasteiger partial charge in [-0.2, -0.15) is 0 Å². The lowest BCUT2D eigenvalue weighted by molar-refractivity contribution is -0.128. The summed E-state index contributed by atoms with van der Waals surface area (Å²) in [6, 6.07) is 16.5. The molecule has 0 unspecified atom stereocenters. The first-order chi connectivity index (χ1) is 20.7. The van der Waals surface area contributed by atoms with Gasteiger partial charge in [-0.25, -0.2) is 9.18 Å². The molecule has 7 rings (SSSR count). The number of rotatable bonds is 6. The lowest BCUT2D eigenvalue weighted by atomic mass is 9.70. The number of carbonyl (C=O) groups is 3. The lowest BCUT2D eigenvalue weighted by Gasteiger charge is -2.40. The Morgan fingerprint density at radius 2 is 1.86 bits per heavy atom. The van der Waals surface area contributed by atoms with Crippen molar-refractivity contribution < 1.29 is 23.5 Å². The van der Waals surface area contributed by atoms with E-state index >= 15 is 4.39 Å². The summed E-state index contributed by atoms with van der Waals surface area (Å²) in [6.07, 6.45) is 2.63. The van der Waals surface area contributed by atoms with E-state index in [1.807, 2.05) is 6.07 Å². The Bertz CT molecular complexity index is 1660. The molecule has 1 spiro atoms. The van der Waals surface area contributed by atoms with E-state index in [-0.39, 0.29) is 35.0 Å². The SMILES string of the molecule is CCOC(=O)c1cccc(N2CC[C@H]3[C@@H](C2=O)[C@H](c2cccc(Cl)c2F)[C@]2(C(=O)Nc4cc(Cl)ccc42)N3CC2CC2)c1. The number of hydrogen-bond acceptors (Lipinski definition) is 5. The summed E-state index contributed by atoms with van der Waals surface area (Å²) in [6.45, 7) is 2.96. The van der Waals surface area contributed by atoms with Crippen LogP contribution in [0.5, 0.6) is 0 Å². The zero-order valence-electron chi connectivity index (χ0n) is 23.5. The number of amides is 2. The number of ether oxygens (including phenoxy) is 1. The molecule has 3 heterocycles. The molecule has 4 aliphatic rings. The summed E-state index contributed by atoms with van der Waals surface area (Å²) >= 11 is 12.7. The molecule has 0 bridgehead atoms. The number of likely N-dealkylation sites (tertiary alicyclic amines) is 1. The molecule has 3 aromatic carbocycles. The Morgan fingerprint density at radius 1 is 1.07 bits per heavy atom. The van der Waals surface area contributed by atoms with E-state index in [1.165, 1.54) is 6.07 Å². The smallest absolute Gasteiger partial charge is 0.338 e. The van der Waals surface area contributed by atoms with E-state index in [0.29, 0.717) is 53.0 Å². The topological polar surface area (TPSA) is 78.9 Å². The predicted molar refractivity (Wildman–Crippen MR) is 162 cm³/mol. The number of hydrogen-bond donors (Lipinski definition) is 1. The fraction of sp³-hybridized carbons (Fsp3) is 0.364. The van der Waals surface area contributed by atoms with Crippen LogP contribution in [0, 0.1) is 17.7 Å². The Hall–Kier alpha value is -3.46. The molecule has 0 aromatic heterocycles. The Kier molecular flexibility index (Phi) is 6.99. The number of nitrogens with one attached hydrogen (secondary N) is 1. The summed E-state index contributed by atoms with van der Waals surface area (Å²) in [4.78, 5) is 45.5. The number of piperidine rings is 1. The van der Waals surface area contributed by atoms with E-state index in [2.05, 4.69) is 10.2 Å². The number of esters is 1. The van der Waals surface area contributed by atoms with E-state index in [1.54, 1.807) is 60.4 Å². The van der Waals surface area contributed by atoms with E-state index in [4.69, 9.17) is 27.9 Å². The van der Waals surface area contributed by atoms with Crippen molar-refractivity contribution in [3.63, 3.8) is 0 Å². The van der Waals surface area contributed by atoms with Gasteiger partial charge in [0.15, 0.2) is 0 Å². The van der Waals surface area contributed by atoms with Crippen LogP contribution in [-0.4, -0.2) is 48.4 Å². The molecule has 222 valence electrons. The van der Waals surface area contributed by atoms with Gasteiger partial charge in [0.2, 0.25) is 11.8 Å². The first-order valence-electron chi connectivity index (χ1n) is 14.7. The van der Waals surface area contributed by atoms with Crippen molar-refractivity contribution in [2.45, 2.75) is 43.7 Å². The van der Waals surface area contributed by atoms with E-state index in [0.717, 1.165) is 12.8 Å². The third-order valence-electron chi connectivity index (χ3n) is 9.40. The highest BCUT2D eigenvalue weighted by Gasteiger charge is 2.70. The average molecular weight is 623 g/mol. The van der Waals surface area contributed by atoms with Crippen molar-refractivity contribution in [3.8, 4) is 0 Å². The minimum atomic E-state index is -1.35. The molecular formula is C33H30Cl2FN3O4. The molecule has 1 N–H and O–H groups in total. The van der Waals surface area contributed by atoms with Crippen LogP contribution in [0.1, 0.15) is 53.6 Å². The highest BCUT2D eigenvalue weighted by Crippen LogP contribution is 2.62. The van der Waals surface area contributed by atoms with Crippen LogP contribution in [-0.2, 0) is 19.9 Å². The quantitative estimate of drug-likeness (QED) is 0.323. The zero-order valence-corrected chi connectivity index (χ0v) is 25.0. The number of nitrogens with zero attached hydrogens (tertiary/aromatic N) is 2. The molecule has 0 radical (unpaired) electrons. The van der Waals surface area contributed by atoms with Gasteiger partial charge in [-0.1, -0.05) is 47.5 Å². The minimum absolute atomic E-state index is 0.0678. The van der Waals surface area contributed by atoms with Crippen LogP contribution in [0.3, 0.4) is 0 Å². The van der Waals surface area contributed by atoms with E-state index < -0.39 is 29.2 Å². The van der Waals surface area contributed by atoms with Gasteiger partial charge in [0.25, 0.3) is 0 Å². The van der Waals surface area contributed by atoms with Crippen LogP contribution >= 0.6 is 23.2 Å². The number of carbonyl (C=O) groups excluding carboxylic acids is 3. The molecule has 3 fully saturated rings. The summed E-state index contributed by atoms with van der Waals surface area (Å²) in [7, 11) is 0. The molecule has 1 aliphatic carbocycles. The van der Waals surface area contributed by atoms with Gasteiger partial charge in [0, 0.05) is 47.0 Å². The molecule has 10 heteroatoms. The fourth-order valence-electron chi connectivity index (χ4n) is 7.50. The standard InChI is InChI=1S/C33H30Cl2FN3O4/c1-2-43-31(41)19-5-3-6-21(15-19)38-14-13-26-27(30(38)40)28(22-7-4-8-24(35)29(22)36)33(39(26)17-18-9-10-18)23-12-11-20(34)16-25(23)37-32(33)42/h3-8,11-12,15-16,18,26-28H,2,9-10,13-14,17H2,1H3,(H,37,42)/t26-,27+,28-,33+/m0/s1. The lowest BCUT2D eigenvalue weighted by Crippen LogP contribution is -2.54. The summed E-state index contributed by atoms with van der Waals surface area (Å²) in [5, 5.41) is 3.43. The minimum Gasteiger partial charge on any atom is -0.462 e. The highest BCUT2D eigenvalue weighted by atomic mass is 35.5. The number of halogens is 3. The van der Waals surface area contributed by atoms with Gasteiger partial charge in [0.05, 0.1) is 23.1 Å². The Morgan fingerprint density at radius 3 is 2.63 bits per heavy atom. The maximum atomic E-state index is 16.1. The second-order valence-electron chi connectivity index (χ2n) is 11.8. The first-order valence-corrected chi connectivity index (χ1v) is 15.4. The molecule has 3 aromatic rings. The largest absolute Gasteiger partial charge is 0.462 e. The Balaban J connectivity index is 1.41. The maximum absolute atomic E-state index is 16.1. The molecule has 2 saturated heterocycles. The predicted octanol–water partition coefficient (Wildman–Crippen LogP) is 6.39. The third-order valence-corrected chi connectivity index (χ3v) is 9.93. The molecule has 7 nitrogen and oxygen atoms in total. The van der Waals surface area contributed by atoms with Gasteiger partial charge < -0.3 is 15.0 Å². The van der Waals surface area contributed by atoms with Crippen LogP contribution in [0.4, 0.5) is 15.8 Å². The van der Waals surface area contributed by atoms with Crippen LogP contribution in [0.2, 0.25) is 10.0 Å². The third kappa shape index (κ3) is 4.37. The number of anilines is 2. The second kappa shape index (κ2) is 10.6. The Labute approximate surface area is 258 Å². The monoisotopic (exact) mass is 621 g/mol. The number of benzene rings is 3. The molecule has 2 amide bonds. The van der Waals surface area contributed by atoms with Crippen LogP contribution < -0.4 is 10.2 Å². The van der Waals surface area contributed by atoms with Gasteiger partial charge >= 0.3 is 5.97 Å². The fourth-order valence-corrected chi connectivity index (χ4v) is 7.86. The normalized spacial score (nSPS) is 26.4. The van der Waals surface area contributed by atoms with Crippen molar-refractivity contribution in [3.05, 3.63) is 93.2 Å². The van der Waals surface area contributed by atoms with Gasteiger partial charge in [0.1, 0.15) is 11.4 Å². The van der Waals surface area contributed by atoms with Crippen molar-refractivity contribution in [2.75, 3.05) is 29.9 Å². The first kappa shape index (κ1) is 28.3. The molecule has 4 atom stereocenters. The highest BCUT2D eigenvalue weighted by molar-refractivity contribution is 6.31. The molecule has 43 heavy (non-hydrogen) atoms. The molecule has 3 aliphatic heterocycles. The molecular weight excluding hydrogens is 592 g/mol. The second-order valence-corrected chi connectivity index (χ2v) is 12.6. The summed E-state index contributed by atoms with van der Waals surface area (Å²) in [5.41, 5.74) is 1.03. The van der Waals surface area contributed by atoms with Gasteiger partial charge in [-0.05, 0) is 74.1 Å². The van der Waals surface area contributed by atoms with Crippen molar-refractivity contribution >= 4 is 52.4 Å².